The van der Waals surface area contributed by atoms with Crippen molar-refractivity contribution in [1.29, 1.82) is 0 Å². The molecule has 0 saturated carbocycles. The first-order valence-corrected chi connectivity index (χ1v) is 7.57. The topological polar surface area (TPSA) is 54.4 Å². The Labute approximate surface area is 120 Å². The van der Waals surface area contributed by atoms with Crippen molar-refractivity contribution in [2.24, 2.45) is 0 Å². The molecule has 0 aliphatic carbocycles. The lowest BCUT2D eigenvalue weighted by Crippen LogP contribution is -2.03. The highest BCUT2D eigenvalue weighted by molar-refractivity contribution is 7.84. The SMILES string of the molecule is Cc1cccc(CS(=O)c2ccc(C)c(C(=O)O)c2)c1. The fourth-order valence-electron chi connectivity index (χ4n) is 2.01. The fraction of sp³-hybridized carbons (Fsp3) is 0.188. The van der Waals surface area contributed by atoms with Crippen molar-refractivity contribution in [1.82, 2.24) is 0 Å². The number of benzene rings is 2. The summed E-state index contributed by atoms with van der Waals surface area (Å²) in [5, 5.41) is 9.10. The van der Waals surface area contributed by atoms with Gasteiger partial charge in [0.2, 0.25) is 0 Å². The highest BCUT2D eigenvalue weighted by Crippen LogP contribution is 2.17. The van der Waals surface area contributed by atoms with E-state index in [1.165, 1.54) is 6.07 Å². The van der Waals surface area contributed by atoms with E-state index in [0.717, 1.165) is 11.1 Å². The van der Waals surface area contributed by atoms with Gasteiger partial charge in [-0.1, -0.05) is 35.9 Å². The molecule has 20 heavy (non-hydrogen) atoms. The molecular formula is C16H16O3S. The van der Waals surface area contributed by atoms with Crippen molar-refractivity contribution in [2.75, 3.05) is 0 Å². The first kappa shape index (κ1) is 14.5. The van der Waals surface area contributed by atoms with E-state index >= 15 is 0 Å². The summed E-state index contributed by atoms with van der Waals surface area (Å²) in [6.07, 6.45) is 0. The zero-order chi connectivity index (χ0) is 14.7. The highest BCUT2D eigenvalue weighted by Gasteiger charge is 2.12. The molecule has 0 saturated heterocycles. The Morgan fingerprint density at radius 3 is 2.55 bits per heavy atom. The normalized spacial score (nSPS) is 12.1. The van der Waals surface area contributed by atoms with Crippen molar-refractivity contribution in [3.63, 3.8) is 0 Å². The molecule has 0 bridgehead atoms. The van der Waals surface area contributed by atoms with E-state index in [1.54, 1.807) is 19.1 Å². The van der Waals surface area contributed by atoms with Crippen LogP contribution in [0.25, 0.3) is 0 Å². The summed E-state index contributed by atoms with van der Waals surface area (Å²) in [7, 11) is -1.24. The largest absolute Gasteiger partial charge is 0.478 e. The molecule has 2 aromatic rings. The van der Waals surface area contributed by atoms with Gasteiger partial charge >= 0.3 is 5.97 Å². The predicted octanol–water partition coefficient (Wildman–Crippen LogP) is 3.31. The van der Waals surface area contributed by atoms with Gasteiger partial charge < -0.3 is 5.11 Å². The van der Waals surface area contributed by atoms with E-state index in [1.807, 2.05) is 31.2 Å². The first-order valence-electron chi connectivity index (χ1n) is 6.25. The fourth-order valence-corrected chi connectivity index (χ4v) is 3.13. The van der Waals surface area contributed by atoms with Crippen molar-refractivity contribution >= 4 is 16.8 Å². The second kappa shape index (κ2) is 6.01. The molecule has 1 N–H and O–H groups in total. The van der Waals surface area contributed by atoms with Gasteiger partial charge in [0.1, 0.15) is 0 Å². The van der Waals surface area contributed by atoms with Crippen molar-refractivity contribution in [3.8, 4) is 0 Å². The van der Waals surface area contributed by atoms with Crippen molar-refractivity contribution < 1.29 is 14.1 Å². The Morgan fingerprint density at radius 2 is 1.90 bits per heavy atom. The molecule has 3 nitrogen and oxygen atoms in total. The van der Waals surface area contributed by atoms with Crippen LogP contribution in [0.2, 0.25) is 0 Å². The molecule has 0 aliphatic heterocycles. The third-order valence-electron chi connectivity index (χ3n) is 3.08. The van der Waals surface area contributed by atoms with Crippen LogP contribution in [-0.4, -0.2) is 15.3 Å². The number of carbonyl (C=O) groups is 1. The average Bonchev–Trinajstić information content (AvgIpc) is 2.38. The summed E-state index contributed by atoms with van der Waals surface area (Å²) in [4.78, 5) is 11.7. The Hall–Kier alpha value is -1.94. The quantitative estimate of drug-likeness (QED) is 0.939. The van der Waals surface area contributed by atoms with Crippen LogP contribution in [0.5, 0.6) is 0 Å². The number of carboxylic acids is 1. The lowest BCUT2D eigenvalue weighted by molar-refractivity contribution is 0.0696. The van der Waals surface area contributed by atoms with Crippen molar-refractivity contribution in [3.05, 3.63) is 64.7 Å². The molecule has 0 aromatic heterocycles. The van der Waals surface area contributed by atoms with Crippen LogP contribution >= 0.6 is 0 Å². The second-order valence-electron chi connectivity index (χ2n) is 4.76. The van der Waals surface area contributed by atoms with E-state index in [4.69, 9.17) is 5.11 Å². The maximum atomic E-state index is 12.3. The molecule has 1 unspecified atom stereocenters. The van der Waals surface area contributed by atoms with Crippen LogP contribution in [0.3, 0.4) is 0 Å². The van der Waals surface area contributed by atoms with Crippen molar-refractivity contribution in [2.45, 2.75) is 24.5 Å². The molecule has 0 fully saturated rings. The van der Waals surface area contributed by atoms with Crippen LogP contribution in [0, 0.1) is 13.8 Å². The molecule has 104 valence electrons. The molecule has 0 heterocycles. The maximum absolute atomic E-state index is 12.3. The molecular weight excluding hydrogens is 272 g/mol. The van der Waals surface area contributed by atoms with E-state index in [-0.39, 0.29) is 5.56 Å². The Balaban J connectivity index is 2.26. The van der Waals surface area contributed by atoms with E-state index in [2.05, 4.69) is 0 Å². The zero-order valence-electron chi connectivity index (χ0n) is 11.4. The zero-order valence-corrected chi connectivity index (χ0v) is 12.2. The third kappa shape index (κ3) is 3.33. The van der Waals surface area contributed by atoms with Gasteiger partial charge in [0.15, 0.2) is 0 Å². The molecule has 0 radical (unpaired) electrons. The number of aromatic carboxylic acids is 1. The van der Waals surface area contributed by atoms with Gasteiger partial charge in [0.25, 0.3) is 0 Å². The minimum Gasteiger partial charge on any atom is -0.478 e. The van der Waals surface area contributed by atoms with Gasteiger partial charge in [0.05, 0.1) is 22.1 Å². The summed E-state index contributed by atoms with van der Waals surface area (Å²) in [6.45, 7) is 3.72. The number of rotatable bonds is 4. The van der Waals surface area contributed by atoms with Gasteiger partial charge in [-0.2, -0.15) is 0 Å². The third-order valence-corrected chi connectivity index (χ3v) is 4.46. The minimum atomic E-state index is -1.24. The number of hydrogen-bond acceptors (Lipinski definition) is 2. The molecule has 0 aliphatic rings. The van der Waals surface area contributed by atoms with E-state index in [9.17, 15) is 9.00 Å². The summed E-state index contributed by atoms with van der Waals surface area (Å²) < 4.78 is 12.3. The number of carboxylic acid groups (broad SMARTS) is 1. The van der Waals surface area contributed by atoms with E-state index < -0.39 is 16.8 Å². The van der Waals surface area contributed by atoms with Gasteiger partial charge in [-0.05, 0) is 37.1 Å². The lowest BCUT2D eigenvalue weighted by atomic mass is 10.1. The number of hydrogen-bond donors (Lipinski definition) is 1. The summed E-state index contributed by atoms with van der Waals surface area (Å²) in [5.74, 6) is -0.596. The van der Waals surface area contributed by atoms with Crippen LogP contribution < -0.4 is 0 Å². The molecule has 4 heteroatoms. The smallest absolute Gasteiger partial charge is 0.335 e. The average molecular weight is 288 g/mol. The van der Waals surface area contributed by atoms with Gasteiger partial charge in [0, 0.05) is 4.90 Å². The molecule has 0 amide bonds. The van der Waals surface area contributed by atoms with Crippen LogP contribution in [0.15, 0.2) is 47.4 Å². The minimum absolute atomic E-state index is 0.208. The Kier molecular flexibility index (Phi) is 4.35. The summed E-state index contributed by atoms with van der Waals surface area (Å²) in [6, 6.07) is 12.8. The number of aryl methyl sites for hydroxylation is 2. The monoisotopic (exact) mass is 288 g/mol. The lowest BCUT2D eigenvalue weighted by Gasteiger charge is -2.06. The van der Waals surface area contributed by atoms with Crippen LogP contribution in [-0.2, 0) is 16.6 Å². The Bertz CT molecular complexity index is 677. The molecule has 2 aromatic carbocycles. The van der Waals surface area contributed by atoms with Gasteiger partial charge in [-0.3, -0.25) is 4.21 Å². The maximum Gasteiger partial charge on any atom is 0.335 e. The van der Waals surface area contributed by atoms with E-state index in [0.29, 0.717) is 16.2 Å². The standard InChI is InChI=1S/C16H16O3S/c1-11-4-3-5-13(8-11)10-20(19)14-7-6-12(2)15(9-14)16(17)18/h3-9H,10H2,1-2H3,(H,17,18). The van der Waals surface area contributed by atoms with Crippen LogP contribution in [0.4, 0.5) is 0 Å². The molecule has 1 atom stereocenters. The first-order chi connectivity index (χ1) is 9.47. The molecule has 0 spiro atoms. The summed E-state index contributed by atoms with van der Waals surface area (Å²) in [5.41, 5.74) is 2.99. The summed E-state index contributed by atoms with van der Waals surface area (Å²) >= 11 is 0. The van der Waals surface area contributed by atoms with Crippen LogP contribution in [0.1, 0.15) is 27.0 Å². The second-order valence-corrected chi connectivity index (χ2v) is 6.21. The highest BCUT2D eigenvalue weighted by atomic mass is 32.2. The molecule has 2 rings (SSSR count). The van der Waals surface area contributed by atoms with Gasteiger partial charge in [-0.15, -0.1) is 0 Å². The van der Waals surface area contributed by atoms with Gasteiger partial charge in [-0.25, -0.2) is 4.79 Å². The predicted molar refractivity (Wildman–Crippen MR) is 79.4 cm³/mol. The Morgan fingerprint density at radius 1 is 1.15 bits per heavy atom.